The molecule has 2 aromatic heterocycles. The summed E-state index contributed by atoms with van der Waals surface area (Å²) in [5, 5.41) is 0. The predicted octanol–water partition coefficient (Wildman–Crippen LogP) is 5.38. The summed E-state index contributed by atoms with van der Waals surface area (Å²) >= 11 is 0. The van der Waals surface area contributed by atoms with E-state index in [1.165, 1.54) is 17.7 Å². The first kappa shape index (κ1) is 17.2. The number of nitrogens with zero attached hydrogens (tertiary/aromatic N) is 3. The van der Waals surface area contributed by atoms with Crippen LogP contribution in [0.4, 0.5) is 4.39 Å². The van der Waals surface area contributed by atoms with E-state index >= 15 is 0 Å². The van der Waals surface area contributed by atoms with Gasteiger partial charge in [0.2, 0.25) is 0 Å². The summed E-state index contributed by atoms with van der Waals surface area (Å²) in [6.45, 7) is 0.847. The van der Waals surface area contributed by atoms with Crippen molar-refractivity contribution in [2.75, 3.05) is 0 Å². The van der Waals surface area contributed by atoms with E-state index in [0.717, 1.165) is 41.9 Å². The lowest BCUT2D eigenvalue weighted by Gasteiger charge is -2.11. The van der Waals surface area contributed by atoms with Crippen molar-refractivity contribution >= 4 is 0 Å². The molecule has 0 spiro atoms. The lowest BCUT2D eigenvalue weighted by molar-refractivity contribution is 0.627. The number of rotatable bonds is 6. The van der Waals surface area contributed by atoms with Crippen molar-refractivity contribution in [3.05, 3.63) is 96.8 Å². The molecule has 0 saturated carbocycles. The molecule has 0 aliphatic rings. The Morgan fingerprint density at radius 3 is 2.30 bits per heavy atom. The molecule has 2 heterocycles. The van der Waals surface area contributed by atoms with Gasteiger partial charge < -0.3 is 4.57 Å². The third kappa shape index (κ3) is 3.95. The predicted molar refractivity (Wildman–Crippen MR) is 106 cm³/mol. The van der Waals surface area contributed by atoms with Crippen LogP contribution in [0.1, 0.15) is 12.0 Å². The molecule has 0 saturated heterocycles. The van der Waals surface area contributed by atoms with Crippen molar-refractivity contribution in [2.45, 2.75) is 19.4 Å². The second-order valence-corrected chi connectivity index (χ2v) is 6.47. The molecular weight excluding hydrogens is 337 g/mol. The van der Waals surface area contributed by atoms with E-state index in [0.29, 0.717) is 0 Å². The van der Waals surface area contributed by atoms with E-state index in [4.69, 9.17) is 0 Å². The number of halogens is 1. The first-order valence-electron chi connectivity index (χ1n) is 9.06. The minimum Gasteiger partial charge on any atom is -0.330 e. The number of aromatic nitrogens is 3. The number of benzene rings is 2. The Kier molecular flexibility index (Phi) is 5.06. The molecule has 0 unspecified atom stereocenters. The summed E-state index contributed by atoms with van der Waals surface area (Å²) in [7, 11) is 0. The third-order valence-electron chi connectivity index (χ3n) is 4.62. The summed E-state index contributed by atoms with van der Waals surface area (Å²) in [4.78, 5) is 8.74. The van der Waals surface area contributed by atoms with Crippen LogP contribution in [0.3, 0.4) is 0 Å². The molecular formula is C23H20FN3. The maximum Gasteiger partial charge on any atom is 0.123 e. The van der Waals surface area contributed by atoms with E-state index in [9.17, 15) is 4.39 Å². The van der Waals surface area contributed by atoms with Crippen molar-refractivity contribution in [1.82, 2.24) is 14.5 Å². The molecule has 0 bridgehead atoms. The first-order valence-corrected chi connectivity index (χ1v) is 9.06. The lowest BCUT2D eigenvalue weighted by Crippen LogP contribution is -2.01. The van der Waals surface area contributed by atoms with E-state index in [2.05, 4.69) is 38.8 Å². The van der Waals surface area contributed by atoms with Gasteiger partial charge in [0.15, 0.2) is 0 Å². The number of hydrogen-bond acceptors (Lipinski definition) is 2. The summed E-state index contributed by atoms with van der Waals surface area (Å²) in [5.41, 5.74) is 5.19. The van der Waals surface area contributed by atoms with Crippen LogP contribution in [0.25, 0.3) is 22.5 Å². The Labute approximate surface area is 158 Å². The van der Waals surface area contributed by atoms with Crippen LogP contribution in [0.15, 0.2) is 85.5 Å². The fourth-order valence-corrected chi connectivity index (χ4v) is 3.28. The molecule has 4 aromatic rings. The normalized spacial score (nSPS) is 10.9. The van der Waals surface area contributed by atoms with Crippen molar-refractivity contribution in [3.8, 4) is 22.5 Å². The third-order valence-corrected chi connectivity index (χ3v) is 4.62. The van der Waals surface area contributed by atoms with Gasteiger partial charge in [-0.3, -0.25) is 4.98 Å². The molecule has 0 radical (unpaired) electrons. The van der Waals surface area contributed by atoms with Crippen LogP contribution in [0.2, 0.25) is 0 Å². The van der Waals surface area contributed by atoms with E-state index in [1.54, 1.807) is 12.4 Å². The van der Waals surface area contributed by atoms with E-state index in [1.807, 2.05) is 36.7 Å². The second kappa shape index (κ2) is 7.96. The van der Waals surface area contributed by atoms with Crippen molar-refractivity contribution in [3.63, 3.8) is 0 Å². The summed E-state index contributed by atoms with van der Waals surface area (Å²) < 4.78 is 15.6. The largest absolute Gasteiger partial charge is 0.330 e. The van der Waals surface area contributed by atoms with Crippen molar-refractivity contribution in [2.24, 2.45) is 0 Å². The standard InChI is InChI=1S/C23H20FN3/c24-21-10-8-20(9-11-21)23-22(19-12-14-25-15-13-19)26-17-27(23)16-4-7-18-5-2-1-3-6-18/h1-3,5-6,8-15,17H,4,7,16H2. The molecule has 0 atom stereocenters. The summed E-state index contributed by atoms with van der Waals surface area (Å²) in [5.74, 6) is -0.237. The molecule has 0 fully saturated rings. The zero-order chi connectivity index (χ0) is 18.5. The maximum absolute atomic E-state index is 13.4. The SMILES string of the molecule is Fc1ccc(-c2c(-c3ccncc3)ncn2CCCc2ccccc2)cc1. The average molecular weight is 357 g/mol. The Morgan fingerprint density at radius 2 is 1.56 bits per heavy atom. The Morgan fingerprint density at radius 1 is 0.815 bits per heavy atom. The van der Waals surface area contributed by atoms with Crippen LogP contribution < -0.4 is 0 Å². The monoisotopic (exact) mass is 357 g/mol. The molecule has 134 valence electrons. The molecule has 2 aromatic carbocycles. The van der Waals surface area contributed by atoms with Gasteiger partial charge in [-0.05, 0) is 54.8 Å². The van der Waals surface area contributed by atoms with Gasteiger partial charge in [0.1, 0.15) is 5.82 Å². The highest BCUT2D eigenvalue weighted by atomic mass is 19.1. The molecule has 0 aliphatic carbocycles. The Bertz CT molecular complexity index is 993. The molecule has 4 heteroatoms. The number of pyridine rings is 1. The van der Waals surface area contributed by atoms with Gasteiger partial charge in [-0.1, -0.05) is 30.3 Å². The zero-order valence-corrected chi connectivity index (χ0v) is 14.9. The van der Waals surface area contributed by atoms with Gasteiger partial charge in [-0.25, -0.2) is 9.37 Å². The smallest absolute Gasteiger partial charge is 0.123 e. The van der Waals surface area contributed by atoms with Crippen LogP contribution in [-0.4, -0.2) is 14.5 Å². The molecule has 0 amide bonds. The minimum atomic E-state index is -0.237. The fourth-order valence-electron chi connectivity index (χ4n) is 3.28. The molecule has 3 nitrogen and oxygen atoms in total. The fraction of sp³-hybridized carbons (Fsp3) is 0.130. The van der Waals surface area contributed by atoms with Crippen LogP contribution >= 0.6 is 0 Å². The molecule has 27 heavy (non-hydrogen) atoms. The summed E-state index contributed by atoms with van der Waals surface area (Å²) in [6, 6.07) is 21.0. The highest BCUT2D eigenvalue weighted by Gasteiger charge is 2.15. The van der Waals surface area contributed by atoms with Crippen molar-refractivity contribution in [1.29, 1.82) is 0 Å². The van der Waals surface area contributed by atoms with E-state index < -0.39 is 0 Å². The van der Waals surface area contributed by atoms with Gasteiger partial charge >= 0.3 is 0 Å². The van der Waals surface area contributed by atoms with Crippen molar-refractivity contribution < 1.29 is 4.39 Å². The van der Waals surface area contributed by atoms with Gasteiger partial charge in [0, 0.05) is 30.1 Å². The second-order valence-electron chi connectivity index (χ2n) is 6.47. The number of aryl methyl sites for hydroxylation is 2. The molecule has 0 aliphatic heterocycles. The molecule has 0 N–H and O–H groups in total. The van der Waals surface area contributed by atoms with Gasteiger partial charge in [-0.2, -0.15) is 0 Å². The first-order chi connectivity index (χ1) is 13.3. The van der Waals surface area contributed by atoms with Gasteiger partial charge in [-0.15, -0.1) is 0 Å². The van der Waals surface area contributed by atoms with Crippen LogP contribution in [0, 0.1) is 5.82 Å². The van der Waals surface area contributed by atoms with E-state index in [-0.39, 0.29) is 5.82 Å². The number of hydrogen-bond donors (Lipinski definition) is 0. The average Bonchev–Trinajstić information content (AvgIpc) is 3.14. The highest BCUT2D eigenvalue weighted by molar-refractivity contribution is 5.78. The quantitative estimate of drug-likeness (QED) is 0.463. The highest BCUT2D eigenvalue weighted by Crippen LogP contribution is 2.31. The topological polar surface area (TPSA) is 30.7 Å². The van der Waals surface area contributed by atoms with Crippen LogP contribution in [0.5, 0.6) is 0 Å². The number of imidazole rings is 1. The summed E-state index contributed by atoms with van der Waals surface area (Å²) in [6.07, 6.45) is 7.41. The Balaban J connectivity index is 1.64. The van der Waals surface area contributed by atoms with Crippen LogP contribution in [-0.2, 0) is 13.0 Å². The maximum atomic E-state index is 13.4. The zero-order valence-electron chi connectivity index (χ0n) is 14.9. The Hall–Kier alpha value is -3.27. The van der Waals surface area contributed by atoms with Gasteiger partial charge in [0.05, 0.1) is 17.7 Å². The minimum absolute atomic E-state index is 0.237. The van der Waals surface area contributed by atoms with Gasteiger partial charge in [0.25, 0.3) is 0 Å². The lowest BCUT2D eigenvalue weighted by atomic mass is 10.1. The molecule has 4 rings (SSSR count).